The van der Waals surface area contributed by atoms with Crippen molar-refractivity contribution in [3.8, 4) is 0 Å². The van der Waals surface area contributed by atoms with Gasteiger partial charge < -0.3 is 11.1 Å². The number of hydrogen-bond donors (Lipinski definition) is 2. The molecule has 0 unspecified atom stereocenters. The van der Waals surface area contributed by atoms with Crippen molar-refractivity contribution < 1.29 is 4.79 Å². The number of aryl methyl sites for hydroxylation is 1. The van der Waals surface area contributed by atoms with Crippen LogP contribution >= 0.6 is 24.2 Å². The van der Waals surface area contributed by atoms with Crippen LogP contribution in [0.15, 0.2) is 29.2 Å². The highest BCUT2D eigenvalue weighted by atomic mass is 35.5. The highest BCUT2D eigenvalue weighted by molar-refractivity contribution is 8.00. The highest BCUT2D eigenvalue weighted by Gasteiger charge is 2.18. The van der Waals surface area contributed by atoms with E-state index in [0.717, 1.165) is 4.90 Å². The highest BCUT2D eigenvalue weighted by Crippen LogP contribution is 2.21. The Kier molecular flexibility index (Phi) is 7.36. The normalized spacial score (nSPS) is 10.7. The molecule has 0 aliphatic carbocycles. The van der Waals surface area contributed by atoms with Crippen LogP contribution in [0.5, 0.6) is 0 Å². The molecule has 0 spiro atoms. The van der Waals surface area contributed by atoms with E-state index in [-0.39, 0.29) is 23.9 Å². The van der Waals surface area contributed by atoms with E-state index >= 15 is 0 Å². The van der Waals surface area contributed by atoms with Crippen LogP contribution in [-0.4, -0.2) is 23.7 Å². The number of carbonyl (C=O) groups is 1. The lowest BCUT2D eigenvalue weighted by Crippen LogP contribution is -2.49. The largest absolute Gasteiger partial charge is 0.349 e. The Morgan fingerprint density at radius 3 is 2.56 bits per heavy atom. The maximum Gasteiger partial charge on any atom is 0.230 e. The van der Waals surface area contributed by atoms with E-state index in [2.05, 4.69) is 5.32 Å². The van der Waals surface area contributed by atoms with Gasteiger partial charge in [0.05, 0.1) is 5.75 Å². The van der Waals surface area contributed by atoms with Crippen LogP contribution in [0.2, 0.25) is 0 Å². The van der Waals surface area contributed by atoms with Crippen LogP contribution in [0.3, 0.4) is 0 Å². The first kappa shape index (κ1) is 17.3. The first-order valence-corrected chi connectivity index (χ1v) is 6.63. The number of halogens is 1. The maximum atomic E-state index is 11.7. The molecule has 0 radical (unpaired) electrons. The van der Waals surface area contributed by atoms with Gasteiger partial charge in [0, 0.05) is 17.0 Å². The topological polar surface area (TPSA) is 55.1 Å². The van der Waals surface area contributed by atoms with E-state index in [1.54, 1.807) is 11.8 Å². The molecule has 1 aromatic rings. The Hall–Kier alpha value is -0.710. The molecule has 1 aromatic carbocycles. The third kappa shape index (κ3) is 5.76. The Morgan fingerprint density at radius 2 is 2.00 bits per heavy atom. The molecule has 0 bridgehead atoms. The standard InChI is InChI=1S/C13H20N2OS.ClH/c1-10-6-4-5-7-11(10)17-8-12(16)15-13(2,3)9-14;/h4-7H,8-9,14H2,1-3H3,(H,15,16);1H. The molecule has 1 rings (SSSR count). The van der Waals surface area contributed by atoms with Gasteiger partial charge >= 0.3 is 0 Å². The van der Waals surface area contributed by atoms with E-state index in [4.69, 9.17) is 5.73 Å². The molecule has 0 atom stereocenters. The number of carbonyl (C=O) groups excluding carboxylic acids is 1. The summed E-state index contributed by atoms with van der Waals surface area (Å²) in [5.74, 6) is 0.447. The number of rotatable bonds is 5. The van der Waals surface area contributed by atoms with Crippen molar-refractivity contribution in [1.29, 1.82) is 0 Å². The van der Waals surface area contributed by atoms with Crippen LogP contribution in [-0.2, 0) is 4.79 Å². The van der Waals surface area contributed by atoms with E-state index in [1.165, 1.54) is 5.56 Å². The Labute approximate surface area is 119 Å². The number of nitrogens with one attached hydrogen (secondary N) is 1. The molecule has 0 heterocycles. The molecule has 3 N–H and O–H groups in total. The summed E-state index contributed by atoms with van der Waals surface area (Å²) in [6.45, 7) is 6.32. The van der Waals surface area contributed by atoms with E-state index < -0.39 is 0 Å². The molecule has 5 heteroatoms. The van der Waals surface area contributed by atoms with Crippen molar-refractivity contribution in [3.05, 3.63) is 29.8 Å². The minimum atomic E-state index is -0.330. The fraction of sp³-hybridized carbons (Fsp3) is 0.462. The van der Waals surface area contributed by atoms with Gasteiger partial charge in [0.2, 0.25) is 5.91 Å². The third-order valence-corrected chi connectivity index (χ3v) is 3.62. The molecule has 3 nitrogen and oxygen atoms in total. The van der Waals surface area contributed by atoms with Gasteiger partial charge in [0.25, 0.3) is 0 Å². The molecule has 1 amide bonds. The fourth-order valence-electron chi connectivity index (χ4n) is 1.33. The van der Waals surface area contributed by atoms with Crippen molar-refractivity contribution >= 4 is 30.1 Å². The summed E-state index contributed by atoms with van der Waals surface area (Å²) < 4.78 is 0. The van der Waals surface area contributed by atoms with Crippen molar-refractivity contribution in [1.82, 2.24) is 5.32 Å². The number of amides is 1. The lowest BCUT2D eigenvalue weighted by atomic mass is 10.1. The maximum absolute atomic E-state index is 11.7. The van der Waals surface area contributed by atoms with Crippen LogP contribution in [0.1, 0.15) is 19.4 Å². The summed E-state index contributed by atoms with van der Waals surface area (Å²) >= 11 is 1.55. The molecule has 0 aliphatic heterocycles. The lowest BCUT2D eigenvalue weighted by Gasteiger charge is -2.24. The minimum Gasteiger partial charge on any atom is -0.349 e. The molecule has 18 heavy (non-hydrogen) atoms. The van der Waals surface area contributed by atoms with Gasteiger partial charge in [-0.05, 0) is 32.4 Å². The monoisotopic (exact) mass is 288 g/mol. The molecular formula is C13H21ClN2OS. The predicted octanol–water partition coefficient (Wildman–Crippen LogP) is 2.36. The average molecular weight is 289 g/mol. The van der Waals surface area contributed by atoms with E-state index in [9.17, 15) is 4.79 Å². The first-order valence-electron chi connectivity index (χ1n) is 5.64. The second-order valence-electron chi connectivity index (χ2n) is 4.69. The zero-order valence-electron chi connectivity index (χ0n) is 11.0. The van der Waals surface area contributed by atoms with E-state index in [1.807, 2.05) is 45.0 Å². The second kappa shape index (κ2) is 7.67. The molecule has 102 valence electrons. The van der Waals surface area contributed by atoms with Gasteiger partial charge in [0.1, 0.15) is 0 Å². The van der Waals surface area contributed by atoms with Crippen LogP contribution in [0.25, 0.3) is 0 Å². The Morgan fingerprint density at radius 1 is 1.39 bits per heavy atom. The van der Waals surface area contributed by atoms with Gasteiger partial charge in [-0.3, -0.25) is 4.79 Å². The lowest BCUT2D eigenvalue weighted by molar-refractivity contribution is -0.120. The average Bonchev–Trinajstić information content (AvgIpc) is 2.27. The summed E-state index contributed by atoms with van der Waals surface area (Å²) in [6, 6.07) is 8.06. The van der Waals surface area contributed by atoms with E-state index in [0.29, 0.717) is 12.3 Å². The van der Waals surface area contributed by atoms with Crippen molar-refractivity contribution in [2.75, 3.05) is 12.3 Å². The van der Waals surface area contributed by atoms with Crippen LogP contribution in [0.4, 0.5) is 0 Å². The minimum absolute atomic E-state index is 0. The summed E-state index contributed by atoms with van der Waals surface area (Å²) in [5.41, 5.74) is 6.43. The summed E-state index contributed by atoms with van der Waals surface area (Å²) in [5, 5.41) is 2.91. The van der Waals surface area contributed by atoms with Crippen molar-refractivity contribution in [3.63, 3.8) is 0 Å². The summed E-state index contributed by atoms with van der Waals surface area (Å²) in [6.07, 6.45) is 0. The van der Waals surface area contributed by atoms with Crippen LogP contribution < -0.4 is 11.1 Å². The number of hydrogen-bond acceptors (Lipinski definition) is 3. The molecule has 0 saturated carbocycles. The van der Waals surface area contributed by atoms with Gasteiger partial charge in [-0.2, -0.15) is 0 Å². The predicted molar refractivity (Wildman–Crippen MR) is 80.4 cm³/mol. The quantitative estimate of drug-likeness (QED) is 0.818. The smallest absolute Gasteiger partial charge is 0.230 e. The summed E-state index contributed by atoms with van der Waals surface area (Å²) in [4.78, 5) is 12.9. The number of nitrogens with two attached hydrogens (primary N) is 1. The SMILES string of the molecule is Cc1ccccc1SCC(=O)NC(C)(C)CN.Cl. The van der Waals surface area contributed by atoms with Crippen molar-refractivity contribution in [2.45, 2.75) is 31.2 Å². The molecule has 0 saturated heterocycles. The first-order chi connectivity index (χ1) is 7.94. The molecule has 0 aliphatic rings. The van der Waals surface area contributed by atoms with Gasteiger partial charge in [-0.25, -0.2) is 0 Å². The molecule has 0 aromatic heterocycles. The fourth-order valence-corrected chi connectivity index (χ4v) is 2.16. The van der Waals surface area contributed by atoms with Crippen molar-refractivity contribution in [2.24, 2.45) is 5.73 Å². The summed E-state index contributed by atoms with van der Waals surface area (Å²) in [7, 11) is 0. The second-order valence-corrected chi connectivity index (χ2v) is 5.71. The van der Waals surface area contributed by atoms with Gasteiger partial charge in [0.15, 0.2) is 0 Å². The van der Waals surface area contributed by atoms with Gasteiger partial charge in [-0.15, -0.1) is 24.2 Å². The zero-order valence-corrected chi connectivity index (χ0v) is 12.7. The molecule has 0 fully saturated rings. The Bertz CT molecular complexity index is 396. The number of thioether (sulfide) groups is 1. The third-order valence-electron chi connectivity index (χ3n) is 2.44. The number of benzene rings is 1. The molecular weight excluding hydrogens is 268 g/mol. The zero-order chi connectivity index (χ0) is 12.9. The van der Waals surface area contributed by atoms with Crippen LogP contribution in [0, 0.1) is 6.92 Å². The van der Waals surface area contributed by atoms with Gasteiger partial charge in [-0.1, -0.05) is 18.2 Å². The Balaban J connectivity index is 0.00000289.